The molecule has 1 aromatic rings. The minimum absolute atomic E-state index is 0.813. The number of hydrogen-bond acceptors (Lipinski definition) is 3. The van der Waals surface area contributed by atoms with Gasteiger partial charge in [0.15, 0.2) is 0 Å². The fourth-order valence-corrected chi connectivity index (χ4v) is 3.17. The second kappa shape index (κ2) is 7.64. The summed E-state index contributed by atoms with van der Waals surface area (Å²) in [5.74, 6) is 0. The van der Waals surface area contributed by atoms with Crippen LogP contribution in [0.25, 0.3) is 0 Å². The zero-order chi connectivity index (χ0) is 14.5. The Morgan fingerprint density at radius 2 is 1.90 bits per heavy atom. The molecule has 0 saturated carbocycles. The van der Waals surface area contributed by atoms with Crippen LogP contribution in [0.1, 0.15) is 5.56 Å². The molecule has 3 nitrogen and oxygen atoms in total. The Morgan fingerprint density at radius 3 is 2.50 bits per heavy atom. The molecule has 0 bridgehead atoms. The molecule has 0 spiro atoms. The van der Waals surface area contributed by atoms with Crippen LogP contribution in [0.15, 0.2) is 18.2 Å². The van der Waals surface area contributed by atoms with Crippen molar-refractivity contribution in [1.29, 1.82) is 0 Å². The van der Waals surface area contributed by atoms with Crippen molar-refractivity contribution in [2.75, 3.05) is 58.3 Å². The van der Waals surface area contributed by atoms with Crippen molar-refractivity contribution < 1.29 is 0 Å². The van der Waals surface area contributed by atoms with Crippen LogP contribution in [0.5, 0.6) is 0 Å². The maximum Gasteiger partial charge on any atom is 0.0410 e. The fraction of sp³-hybridized carbons (Fsp3) is 0.600. The van der Waals surface area contributed by atoms with E-state index in [1.165, 1.54) is 11.3 Å². The molecule has 20 heavy (non-hydrogen) atoms. The van der Waals surface area contributed by atoms with Gasteiger partial charge in [-0.15, -0.1) is 0 Å². The third-order valence-corrected chi connectivity index (χ3v) is 4.60. The van der Waals surface area contributed by atoms with Crippen molar-refractivity contribution in [3.8, 4) is 0 Å². The Bertz CT molecular complexity index is 431. The first kappa shape index (κ1) is 16.1. The molecule has 112 valence electrons. The number of likely N-dealkylation sites (N-methyl/N-ethyl adjacent to an activating group) is 1. The van der Waals surface area contributed by atoms with Crippen molar-refractivity contribution in [1.82, 2.24) is 9.80 Å². The van der Waals surface area contributed by atoms with Gasteiger partial charge in [-0.25, -0.2) is 0 Å². The van der Waals surface area contributed by atoms with Crippen LogP contribution in [-0.4, -0.2) is 63.2 Å². The number of rotatable bonds is 5. The average molecular weight is 361 g/mol. The predicted molar refractivity (Wildman–Crippen MR) is 91.3 cm³/mol. The molecule has 0 N–H and O–H groups in total. The van der Waals surface area contributed by atoms with Gasteiger partial charge in [0.25, 0.3) is 0 Å². The molecule has 0 radical (unpaired) electrons. The van der Waals surface area contributed by atoms with E-state index in [9.17, 15) is 0 Å². The van der Waals surface area contributed by atoms with Crippen molar-refractivity contribution in [3.05, 3.63) is 28.8 Å². The summed E-state index contributed by atoms with van der Waals surface area (Å²) in [6, 6.07) is 6.19. The third-order valence-electron chi connectivity index (χ3n) is 3.76. The summed E-state index contributed by atoms with van der Waals surface area (Å²) in [6.07, 6.45) is 0. The molecular weight excluding hydrogens is 338 g/mol. The fourth-order valence-electron chi connectivity index (χ4n) is 2.52. The topological polar surface area (TPSA) is 9.72 Å². The van der Waals surface area contributed by atoms with Crippen molar-refractivity contribution in [2.24, 2.45) is 0 Å². The largest absolute Gasteiger partial charge is 0.369 e. The van der Waals surface area contributed by atoms with Crippen molar-refractivity contribution >= 4 is 33.2 Å². The van der Waals surface area contributed by atoms with Crippen molar-refractivity contribution in [3.63, 3.8) is 0 Å². The molecular formula is C15H23BrClN3. The van der Waals surface area contributed by atoms with E-state index < -0.39 is 0 Å². The highest BCUT2D eigenvalue weighted by Crippen LogP contribution is 2.27. The molecule has 0 unspecified atom stereocenters. The highest BCUT2D eigenvalue weighted by Gasteiger charge is 2.18. The highest BCUT2D eigenvalue weighted by atomic mass is 79.9. The second-order valence-electron chi connectivity index (χ2n) is 5.54. The standard InChI is InChI=1S/C15H23BrClN3/c1-18(2)5-6-19-7-9-20(10-8-19)15-4-3-14(17)11-13(15)12-16/h3-4,11H,5-10,12H2,1-2H3. The summed E-state index contributed by atoms with van der Waals surface area (Å²) in [5, 5.41) is 1.66. The van der Waals surface area contributed by atoms with E-state index >= 15 is 0 Å². The number of halogens is 2. The van der Waals surface area contributed by atoms with E-state index in [1.807, 2.05) is 6.07 Å². The van der Waals surface area contributed by atoms with E-state index in [0.29, 0.717) is 0 Å². The van der Waals surface area contributed by atoms with Gasteiger partial charge in [0, 0.05) is 55.3 Å². The molecule has 1 aliphatic rings. The first-order valence-electron chi connectivity index (χ1n) is 7.06. The minimum atomic E-state index is 0.813. The van der Waals surface area contributed by atoms with Crippen LogP contribution < -0.4 is 4.90 Å². The Labute approximate surface area is 135 Å². The predicted octanol–water partition coefficient (Wildman–Crippen LogP) is 2.92. The van der Waals surface area contributed by atoms with Gasteiger partial charge in [0.1, 0.15) is 0 Å². The molecule has 1 heterocycles. The van der Waals surface area contributed by atoms with Crippen LogP contribution >= 0.6 is 27.5 Å². The Kier molecular flexibility index (Phi) is 6.15. The molecule has 2 rings (SSSR count). The van der Waals surface area contributed by atoms with Crippen molar-refractivity contribution in [2.45, 2.75) is 5.33 Å². The average Bonchev–Trinajstić information content (AvgIpc) is 2.45. The molecule has 0 amide bonds. The van der Waals surface area contributed by atoms with Crippen LogP contribution in [0, 0.1) is 0 Å². The summed E-state index contributed by atoms with van der Waals surface area (Å²) in [4.78, 5) is 7.26. The van der Waals surface area contributed by atoms with Gasteiger partial charge in [-0.3, -0.25) is 4.90 Å². The van der Waals surface area contributed by atoms with Gasteiger partial charge in [0.2, 0.25) is 0 Å². The third kappa shape index (κ3) is 4.35. The first-order chi connectivity index (χ1) is 9.60. The summed E-state index contributed by atoms with van der Waals surface area (Å²) in [7, 11) is 4.26. The summed E-state index contributed by atoms with van der Waals surface area (Å²) >= 11 is 9.64. The Morgan fingerprint density at radius 1 is 1.20 bits per heavy atom. The molecule has 0 atom stereocenters. The van der Waals surface area contributed by atoms with Crippen LogP contribution in [-0.2, 0) is 5.33 Å². The number of hydrogen-bond donors (Lipinski definition) is 0. The summed E-state index contributed by atoms with van der Waals surface area (Å²) in [5.41, 5.74) is 2.60. The lowest BCUT2D eigenvalue weighted by molar-refractivity contribution is 0.229. The van der Waals surface area contributed by atoms with Gasteiger partial charge in [-0.2, -0.15) is 0 Å². The number of anilines is 1. The van der Waals surface area contributed by atoms with Gasteiger partial charge in [-0.05, 0) is 37.9 Å². The van der Waals surface area contributed by atoms with Gasteiger partial charge >= 0.3 is 0 Å². The van der Waals surface area contributed by atoms with E-state index in [-0.39, 0.29) is 0 Å². The maximum absolute atomic E-state index is 6.08. The van der Waals surface area contributed by atoms with E-state index in [2.05, 4.69) is 56.9 Å². The summed E-state index contributed by atoms with van der Waals surface area (Å²) < 4.78 is 0. The monoisotopic (exact) mass is 359 g/mol. The lowest BCUT2D eigenvalue weighted by Gasteiger charge is -2.37. The SMILES string of the molecule is CN(C)CCN1CCN(c2ccc(Cl)cc2CBr)CC1. The molecule has 5 heteroatoms. The van der Waals surface area contributed by atoms with Gasteiger partial charge in [0.05, 0.1) is 0 Å². The van der Waals surface area contributed by atoms with E-state index in [4.69, 9.17) is 11.6 Å². The number of nitrogens with zero attached hydrogens (tertiary/aromatic N) is 3. The van der Waals surface area contributed by atoms with Gasteiger partial charge in [-0.1, -0.05) is 27.5 Å². The first-order valence-corrected chi connectivity index (χ1v) is 8.56. The Balaban J connectivity index is 1.93. The smallest absolute Gasteiger partial charge is 0.0410 e. The molecule has 1 aliphatic heterocycles. The van der Waals surface area contributed by atoms with E-state index in [0.717, 1.165) is 49.6 Å². The number of piperazine rings is 1. The van der Waals surface area contributed by atoms with Crippen LogP contribution in [0.4, 0.5) is 5.69 Å². The maximum atomic E-state index is 6.08. The minimum Gasteiger partial charge on any atom is -0.369 e. The molecule has 1 aromatic carbocycles. The van der Waals surface area contributed by atoms with E-state index in [1.54, 1.807) is 0 Å². The van der Waals surface area contributed by atoms with Crippen LogP contribution in [0.2, 0.25) is 5.02 Å². The van der Waals surface area contributed by atoms with Gasteiger partial charge < -0.3 is 9.80 Å². The number of benzene rings is 1. The lowest BCUT2D eigenvalue weighted by atomic mass is 10.1. The molecule has 1 saturated heterocycles. The highest BCUT2D eigenvalue weighted by molar-refractivity contribution is 9.08. The molecule has 1 fully saturated rings. The zero-order valence-electron chi connectivity index (χ0n) is 12.3. The zero-order valence-corrected chi connectivity index (χ0v) is 14.6. The summed E-state index contributed by atoms with van der Waals surface area (Å²) in [6.45, 7) is 6.75. The normalized spacial score (nSPS) is 16.9. The molecule has 0 aliphatic carbocycles. The lowest BCUT2D eigenvalue weighted by Crippen LogP contribution is -2.48. The number of alkyl halides is 1. The second-order valence-corrected chi connectivity index (χ2v) is 6.54. The Hall–Kier alpha value is -0.290. The van der Waals surface area contributed by atoms with Crippen LogP contribution in [0.3, 0.4) is 0 Å². The quantitative estimate of drug-likeness (QED) is 0.748. The molecule has 0 aromatic heterocycles.